The van der Waals surface area contributed by atoms with Gasteiger partial charge in [0.05, 0.1) is 0 Å². The maximum absolute atomic E-state index is 9.72. The molecule has 0 aromatic carbocycles. The van der Waals surface area contributed by atoms with E-state index >= 15 is 0 Å². The molecule has 4 heteroatoms. The van der Waals surface area contributed by atoms with E-state index in [-0.39, 0.29) is 7.43 Å². The van der Waals surface area contributed by atoms with Crippen LogP contribution in [0.1, 0.15) is 0 Å². The molecule has 0 spiro atoms. The van der Waals surface area contributed by atoms with Gasteiger partial charge in [0.15, 0.2) is 0 Å². The predicted octanol–water partition coefficient (Wildman–Crippen LogP) is 2.10. The van der Waals surface area contributed by atoms with Gasteiger partial charge in [0.2, 0.25) is 0 Å². The van der Waals surface area contributed by atoms with Gasteiger partial charge in [-0.05, 0) is 0 Å². The SMILES string of the molecule is [CH3-].[F][Ru+2][F].[c-]1ccc[nH]1. The molecule has 0 radical (unpaired) electrons. The Morgan fingerprint density at radius 2 is 2.00 bits per heavy atom. The van der Waals surface area contributed by atoms with Crippen molar-refractivity contribution in [3.05, 3.63) is 32.0 Å². The van der Waals surface area contributed by atoms with Gasteiger partial charge >= 0.3 is 24.8 Å². The van der Waals surface area contributed by atoms with Crippen molar-refractivity contribution >= 4 is 0 Å². The van der Waals surface area contributed by atoms with Gasteiger partial charge in [-0.25, -0.2) is 0 Å². The Hall–Kier alpha value is -0.237. The van der Waals surface area contributed by atoms with Gasteiger partial charge in [0.1, 0.15) is 0 Å². The Kier molecular flexibility index (Phi) is 13.7. The fraction of sp³-hybridized carbons (Fsp3) is 0. The average Bonchev–Trinajstić information content (AvgIpc) is 2.17. The zero-order valence-corrected chi connectivity index (χ0v) is 6.58. The van der Waals surface area contributed by atoms with Crippen LogP contribution in [0.15, 0.2) is 18.3 Å². The molecule has 0 aliphatic carbocycles. The van der Waals surface area contributed by atoms with Crippen molar-refractivity contribution in [3.63, 3.8) is 0 Å². The minimum absolute atomic E-state index is 0. The van der Waals surface area contributed by atoms with Gasteiger partial charge < -0.3 is 12.4 Å². The Bertz CT molecular complexity index is 81.9. The molecule has 0 atom stereocenters. The van der Waals surface area contributed by atoms with Crippen LogP contribution in [0.2, 0.25) is 0 Å². The average molecular weight is 220 g/mol. The molecular formula is C5H7F2NRu. The zero-order chi connectivity index (χ0) is 6.24. The van der Waals surface area contributed by atoms with Crippen LogP contribution < -0.4 is 0 Å². The van der Waals surface area contributed by atoms with E-state index in [0.29, 0.717) is 0 Å². The van der Waals surface area contributed by atoms with E-state index in [2.05, 4.69) is 11.2 Å². The van der Waals surface area contributed by atoms with Crippen molar-refractivity contribution in [2.45, 2.75) is 0 Å². The zero-order valence-electron chi connectivity index (χ0n) is 4.84. The topological polar surface area (TPSA) is 15.8 Å². The summed E-state index contributed by atoms with van der Waals surface area (Å²) < 4.78 is 19.4. The minimum atomic E-state index is -2.29. The van der Waals surface area contributed by atoms with Crippen LogP contribution in [-0.2, 0) is 18.1 Å². The summed E-state index contributed by atoms with van der Waals surface area (Å²) in [5.74, 6) is 0. The summed E-state index contributed by atoms with van der Waals surface area (Å²) in [6, 6.07) is 3.71. The summed E-state index contributed by atoms with van der Waals surface area (Å²) in [7, 11) is 0. The molecule has 0 fully saturated rings. The molecule has 1 aromatic rings. The molecule has 1 aromatic heterocycles. The number of aromatic amines is 1. The molecule has 0 aliphatic heterocycles. The third-order valence-electron chi connectivity index (χ3n) is 0.442. The molecule has 0 saturated carbocycles. The summed E-state index contributed by atoms with van der Waals surface area (Å²) in [6.45, 7) is 0. The van der Waals surface area contributed by atoms with E-state index in [4.69, 9.17) is 0 Å². The predicted molar refractivity (Wildman–Crippen MR) is 28.3 cm³/mol. The van der Waals surface area contributed by atoms with E-state index in [1.165, 1.54) is 0 Å². The number of rotatable bonds is 0. The first-order valence-electron chi connectivity index (χ1n) is 1.76. The largest absolute Gasteiger partial charge is 0.484 e. The van der Waals surface area contributed by atoms with Crippen molar-refractivity contribution in [1.29, 1.82) is 0 Å². The summed E-state index contributed by atoms with van der Waals surface area (Å²) in [6.07, 6.45) is 4.56. The van der Waals surface area contributed by atoms with Crippen molar-refractivity contribution < 1.29 is 24.8 Å². The third kappa shape index (κ3) is 11.4. The molecule has 0 aliphatic rings. The maximum Gasteiger partial charge on any atom is -0.108 e. The van der Waals surface area contributed by atoms with Crippen LogP contribution >= 0.6 is 0 Å². The molecule has 0 bridgehead atoms. The molecule has 9 heavy (non-hydrogen) atoms. The number of nitrogens with one attached hydrogen (secondary N) is 1. The first kappa shape index (κ1) is 11.5. The van der Waals surface area contributed by atoms with Crippen LogP contribution in [0.3, 0.4) is 0 Å². The van der Waals surface area contributed by atoms with E-state index in [0.717, 1.165) is 0 Å². The molecule has 1 rings (SSSR count). The number of hydrogen-bond donors (Lipinski definition) is 1. The molecule has 1 N–H and O–H groups in total. The summed E-state index contributed by atoms with van der Waals surface area (Å²) in [4.78, 5) is 2.74. The molecule has 54 valence electrons. The van der Waals surface area contributed by atoms with E-state index in [1.807, 2.05) is 18.3 Å². The molecule has 1 nitrogen and oxygen atoms in total. The third-order valence-corrected chi connectivity index (χ3v) is 0.442. The fourth-order valence-electron chi connectivity index (χ4n) is 0.241. The van der Waals surface area contributed by atoms with Crippen LogP contribution in [0.5, 0.6) is 0 Å². The molecular weight excluding hydrogens is 213 g/mol. The Morgan fingerprint density at radius 3 is 2.11 bits per heavy atom. The summed E-state index contributed by atoms with van der Waals surface area (Å²) in [5, 5.41) is 0. The second-order valence-corrected chi connectivity index (χ2v) is 1.11. The van der Waals surface area contributed by atoms with E-state index in [1.54, 1.807) is 0 Å². The smallest absolute Gasteiger partial charge is 0.108 e. The number of halogens is 2. The van der Waals surface area contributed by atoms with Gasteiger partial charge in [-0.15, -0.1) is 6.20 Å². The first-order valence-corrected chi connectivity index (χ1v) is 3.08. The molecule has 1 heterocycles. The first-order chi connectivity index (χ1) is 3.91. The molecule has 0 saturated heterocycles. The van der Waals surface area contributed by atoms with Crippen LogP contribution in [0.25, 0.3) is 0 Å². The van der Waals surface area contributed by atoms with Crippen molar-refractivity contribution in [1.82, 2.24) is 4.98 Å². The number of hydrogen-bond acceptors (Lipinski definition) is 0. The summed E-state index contributed by atoms with van der Waals surface area (Å²) in [5.41, 5.74) is 0. The Labute approximate surface area is 62.2 Å². The molecule has 0 unspecified atom stereocenters. The second kappa shape index (κ2) is 10.7. The molecule has 0 amide bonds. The van der Waals surface area contributed by atoms with Crippen LogP contribution in [0.4, 0.5) is 6.63 Å². The van der Waals surface area contributed by atoms with Gasteiger partial charge in [0, 0.05) is 0 Å². The maximum atomic E-state index is 9.72. The van der Waals surface area contributed by atoms with Crippen LogP contribution in [-0.4, -0.2) is 4.98 Å². The van der Waals surface area contributed by atoms with Crippen molar-refractivity contribution in [2.24, 2.45) is 0 Å². The van der Waals surface area contributed by atoms with Gasteiger partial charge in [-0.1, -0.05) is 0 Å². The quantitative estimate of drug-likeness (QED) is 0.509. The van der Waals surface area contributed by atoms with E-state index < -0.39 is 18.1 Å². The van der Waals surface area contributed by atoms with Gasteiger partial charge in [0.25, 0.3) is 0 Å². The van der Waals surface area contributed by atoms with Gasteiger partial charge in [-0.2, -0.15) is 18.3 Å². The summed E-state index contributed by atoms with van der Waals surface area (Å²) >= 11 is -2.29. The standard InChI is InChI=1S/C4H4N.CH3.2FH.Ru/c1-2-4-5-3-1;;;;/h1-3,5H;1H3;2*1H;/q2*-1;;;+4/p-2. The fourth-order valence-corrected chi connectivity index (χ4v) is 0.241. The van der Waals surface area contributed by atoms with Crippen LogP contribution in [0, 0.1) is 13.6 Å². The number of aromatic nitrogens is 1. The normalized spacial score (nSPS) is 6.44. The van der Waals surface area contributed by atoms with Crippen molar-refractivity contribution in [2.75, 3.05) is 0 Å². The van der Waals surface area contributed by atoms with E-state index in [9.17, 15) is 6.63 Å². The minimum Gasteiger partial charge on any atom is -0.484 e. The Morgan fingerprint density at radius 1 is 1.44 bits per heavy atom. The van der Waals surface area contributed by atoms with Gasteiger partial charge in [-0.3, -0.25) is 0 Å². The number of H-pyrrole nitrogens is 1. The van der Waals surface area contributed by atoms with Crippen molar-refractivity contribution in [3.8, 4) is 0 Å². The monoisotopic (exact) mass is 221 g/mol. The Balaban J connectivity index is 0. The second-order valence-electron chi connectivity index (χ2n) is 0.865.